The number of carboxylic acids is 1. The SMILES string of the molecule is Br.N=C1c2nc(C3CC3)ccc2CN1CC(=O)c1cc(OCCCCC(=O)O)cc(N2CCCC2)c1. The molecule has 192 valence electrons. The van der Waals surface area contributed by atoms with E-state index in [1.807, 2.05) is 12.1 Å². The van der Waals surface area contributed by atoms with Crippen molar-refractivity contribution in [2.24, 2.45) is 0 Å². The van der Waals surface area contributed by atoms with Crippen LogP contribution in [0.5, 0.6) is 5.75 Å². The predicted octanol–water partition coefficient (Wildman–Crippen LogP) is 4.79. The van der Waals surface area contributed by atoms with Crippen LogP contribution in [0.15, 0.2) is 30.3 Å². The smallest absolute Gasteiger partial charge is 0.303 e. The Morgan fingerprint density at radius 3 is 2.61 bits per heavy atom. The van der Waals surface area contributed by atoms with E-state index in [0.29, 0.717) is 54.8 Å². The number of carbonyl (C=O) groups is 2. The number of benzene rings is 1. The van der Waals surface area contributed by atoms with Crippen LogP contribution in [0.2, 0.25) is 0 Å². The van der Waals surface area contributed by atoms with Crippen LogP contribution in [0.1, 0.15) is 78.2 Å². The molecule has 0 amide bonds. The Morgan fingerprint density at radius 2 is 1.89 bits per heavy atom. The van der Waals surface area contributed by atoms with Gasteiger partial charge in [-0.15, -0.1) is 17.0 Å². The molecule has 1 aromatic carbocycles. The summed E-state index contributed by atoms with van der Waals surface area (Å²) in [7, 11) is 0. The van der Waals surface area contributed by atoms with Crippen LogP contribution < -0.4 is 9.64 Å². The number of unbranched alkanes of at least 4 members (excludes halogenated alkanes) is 1. The van der Waals surface area contributed by atoms with Crippen molar-refractivity contribution >= 4 is 40.3 Å². The largest absolute Gasteiger partial charge is 0.493 e. The molecular weight excluding hydrogens is 524 g/mol. The second-order valence-corrected chi connectivity index (χ2v) is 9.76. The molecule has 2 fully saturated rings. The van der Waals surface area contributed by atoms with E-state index in [1.54, 1.807) is 11.0 Å². The van der Waals surface area contributed by atoms with Crippen LogP contribution in [0.3, 0.4) is 0 Å². The van der Waals surface area contributed by atoms with Gasteiger partial charge in [-0.1, -0.05) is 6.07 Å². The summed E-state index contributed by atoms with van der Waals surface area (Å²) in [6, 6.07) is 9.79. The first kappa shape index (κ1) is 26.1. The highest BCUT2D eigenvalue weighted by Gasteiger charge is 2.31. The fraction of sp³-hybridized carbons (Fsp3) is 0.481. The molecule has 0 radical (unpaired) electrons. The van der Waals surface area contributed by atoms with E-state index in [1.165, 1.54) is 12.8 Å². The van der Waals surface area contributed by atoms with Crippen molar-refractivity contribution in [3.8, 4) is 5.75 Å². The molecule has 2 aromatic rings. The van der Waals surface area contributed by atoms with Gasteiger partial charge in [-0.3, -0.25) is 15.0 Å². The van der Waals surface area contributed by atoms with Crippen molar-refractivity contribution in [2.45, 2.75) is 57.4 Å². The number of rotatable bonds is 11. The molecule has 0 unspecified atom stereocenters. The topological polar surface area (TPSA) is 107 Å². The number of aliphatic carboxylic acids is 1. The molecule has 2 N–H and O–H groups in total. The number of nitrogens with zero attached hydrogens (tertiary/aromatic N) is 3. The first-order valence-electron chi connectivity index (χ1n) is 12.6. The van der Waals surface area contributed by atoms with Gasteiger partial charge >= 0.3 is 5.97 Å². The van der Waals surface area contributed by atoms with E-state index in [4.69, 9.17) is 20.2 Å². The molecule has 9 heteroatoms. The molecule has 3 aliphatic rings. The molecule has 1 aliphatic carbocycles. The molecule has 0 atom stereocenters. The summed E-state index contributed by atoms with van der Waals surface area (Å²) in [5, 5.41) is 17.4. The third kappa shape index (κ3) is 6.06. The summed E-state index contributed by atoms with van der Waals surface area (Å²) in [4.78, 5) is 32.9. The van der Waals surface area contributed by atoms with Crippen LogP contribution in [0.4, 0.5) is 5.69 Å². The van der Waals surface area contributed by atoms with Gasteiger partial charge in [-0.25, -0.2) is 4.98 Å². The maximum Gasteiger partial charge on any atom is 0.303 e. The van der Waals surface area contributed by atoms with Crippen LogP contribution in [-0.4, -0.2) is 58.8 Å². The molecule has 3 heterocycles. The van der Waals surface area contributed by atoms with Crippen molar-refractivity contribution in [3.63, 3.8) is 0 Å². The average molecular weight is 557 g/mol. The Kier molecular flexibility index (Phi) is 8.28. The molecule has 8 nitrogen and oxygen atoms in total. The summed E-state index contributed by atoms with van der Waals surface area (Å²) in [6.07, 6.45) is 5.91. The Bertz CT molecular complexity index is 1140. The van der Waals surface area contributed by atoms with Crippen LogP contribution in [0.25, 0.3) is 0 Å². The van der Waals surface area contributed by atoms with Crippen molar-refractivity contribution in [1.29, 1.82) is 5.41 Å². The fourth-order valence-corrected chi connectivity index (χ4v) is 4.83. The van der Waals surface area contributed by atoms with Gasteiger partial charge in [0.2, 0.25) is 0 Å². The zero-order valence-corrected chi connectivity index (χ0v) is 22.1. The van der Waals surface area contributed by atoms with Crippen molar-refractivity contribution in [2.75, 3.05) is 31.1 Å². The maximum absolute atomic E-state index is 13.4. The number of Topliss-reactive ketones (excluding diaryl/α,β-unsaturated/α-hetero) is 1. The minimum Gasteiger partial charge on any atom is -0.493 e. The Labute approximate surface area is 221 Å². The van der Waals surface area contributed by atoms with Gasteiger partial charge in [0.25, 0.3) is 0 Å². The summed E-state index contributed by atoms with van der Waals surface area (Å²) in [6.45, 7) is 2.96. The first-order chi connectivity index (χ1) is 17.0. The van der Waals surface area contributed by atoms with E-state index in [2.05, 4.69) is 17.0 Å². The summed E-state index contributed by atoms with van der Waals surface area (Å²) in [5.41, 5.74) is 4.32. The zero-order valence-electron chi connectivity index (χ0n) is 20.4. The lowest BCUT2D eigenvalue weighted by Crippen LogP contribution is -2.30. The molecule has 2 aliphatic heterocycles. The highest BCUT2D eigenvalue weighted by molar-refractivity contribution is 8.93. The van der Waals surface area contributed by atoms with Gasteiger partial charge in [-0.2, -0.15) is 0 Å². The highest BCUT2D eigenvalue weighted by Crippen LogP contribution is 2.39. The minimum atomic E-state index is -0.803. The lowest BCUT2D eigenvalue weighted by Gasteiger charge is -2.21. The molecular formula is C27H33BrN4O4. The molecule has 1 saturated carbocycles. The molecule has 0 bridgehead atoms. The molecule has 1 saturated heterocycles. The van der Waals surface area contributed by atoms with E-state index in [9.17, 15) is 9.59 Å². The molecule has 1 aromatic heterocycles. The Hall–Kier alpha value is -2.94. The predicted molar refractivity (Wildman–Crippen MR) is 143 cm³/mol. The minimum absolute atomic E-state index is 0. The first-order valence-corrected chi connectivity index (χ1v) is 12.6. The number of hydrogen-bond donors (Lipinski definition) is 2. The summed E-state index contributed by atoms with van der Waals surface area (Å²) in [5.74, 6) is 0.619. The van der Waals surface area contributed by atoms with Crippen LogP contribution >= 0.6 is 17.0 Å². The maximum atomic E-state index is 13.4. The number of carbonyl (C=O) groups excluding carboxylic acids is 1. The van der Waals surface area contributed by atoms with Crippen molar-refractivity contribution < 1.29 is 19.4 Å². The summed E-state index contributed by atoms with van der Waals surface area (Å²) < 4.78 is 5.92. The van der Waals surface area contributed by atoms with E-state index in [-0.39, 0.29) is 35.7 Å². The number of carboxylic acid groups (broad SMARTS) is 1. The van der Waals surface area contributed by atoms with Gasteiger partial charge in [0, 0.05) is 60.5 Å². The number of ketones is 1. The van der Waals surface area contributed by atoms with Crippen LogP contribution in [-0.2, 0) is 11.3 Å². The van der Waals surface area contributed by atoms with E-state index in [0.717, 1.165) is 42.9 Å². The number of halogens is 1. The Balaban J connectivity index is 0.00000304. The average Bonchev–Trinajstić information content (AvgIpc) is 3.46. The van der Waals surface area contributed by atoms with Crippen molar-refractivity contribution in [1.82, 2.24) is 9.88 Å². The van der Waals surface area contributed by atoms with E-state index >= 15 is 0 Å². The second-order valence-electron chi connectivity index (χ2n) is 9.76. The summed E-state index contributed by atoms with van der Waals surface area (Å²) >= 11 is 0. The van der Waals surface area contributed by atoms with Crippen LogP contribution in [0, 0.1) is 5.41 Å². The third-order valence-corrected chi connectivity index (χ3v) is 6.97. The van der Waals surface area contributed by atoms with Crippen molar-refractivity contribution in [3.05, 3.63) is 52.8 Å². The van der Waals surface area contributed by atoms with Gasteiger partial charge in [0.15, 0.2) is 5.78 Å². The number of pyridine rings is 1. The van der Waals surface area contributed by atoms with Gasteiger partial charge in [0.05, 0.1) is 13.2 Å². The fourth-order valence-electron chi connectivity index (χ4n) is 4.83. The number of aromatic nitrogens is 1. The van der Waals surface area contributed by atoms with Gasteiger partial charge in [0.1, 0.15) is 17.3 Å². The number of ether oxygens (including phenoxy) is 1. The standard InChI is InChI=1S/C27H32N4O4.BrH/c28-27-26-19(8-9-23(29-26)18-6-7-18)16-31(27)17-24(32)20-13-21(30-10-2-3-11-30)15-22(14-20)35-12-4-1-5-25(33)34;/h8-9,13-15,18,28H,1-7,10-12,16-17H2,(H,33,34);1H. The number of amidine groups is 1. The lowest BCUT2D eigenvalue weighted by molar-refractivity contribution is -0.137. The zero-order chi connectivity index (χ0) is 24.4. The van der Waals surface area contributed by atoms with Gasteiger partial charge < -0.3 is 19.6 Å². The number of nitrogens with one attached hydrogen (secondary N) is 1. The van der Waals surface area contributed by atoms with E-state index < -0.39 is 5.97 Å². The molecule has 0 spiro atoms. The quantitative estimate of drug-likeness (QED) is 0.302. The lowest BCUT2D eigenvalue weighted by atomic mass is 10.1. The number of hydrogen-bond acceptors (Lipinski definition) is 6. The monoisotopic (exact) mass is 556 g/mol. The third-order valence-electron chi connectivity index (χ3n) is 6.97. The molecule has 5 rings (SSSR count). The Morgan fingerprint density at radius 1 is 1.11 bits per heavy atom. The van der Waals surface area contributed by atoms with Gasteiger partial charge in [-0.05, 0) is 56.7 Å². The highest BCUT2D eigenvalue weighted by atomic mass is 79.9. The number of anilines is 1. The number of fused-ring (bicyclic) bond motifs is 1. The normalized spacial score (nSPS) is 16.6. The molecule has 36 heavy (non-hydrogen) atoms. The second kappa shape index (κ2) is 11.4.